The van der Waals surface area contributed by atoms with E-state index in [4.69, 9.17) is 0 Å². The molecule has 0 radical (unpaired) electrons. The predicted octanol–water partition coefficient (Wildman–Crippen LogP) is 3.64. The number of nitrogens with one attached hydrogen (secondary N) is 1. The summed E-state index contributed by atoms with van der Waals surface area (Å²) < 4.78 is 0. The lowest BCUT2D eigenvalue weighted by Crippen LogP contribution is -2.46. The maximum atomic E-state index is 12.9. The molecule has 0 heterocycles. The Morgan fingerprint density at radius 1 is 1.19 bits per heavy atom. The molecule has 2 saturated carbocycles. The second kappa shape index (κ2) is 4.43. The van der Waals surface area contributed by atoms with Gasteiger partial charge in [-0.3, -0.25) is 9.59 Å². The first-order valence-electron chi connectivity index (χ1n) is 7.70. The van der Waals surface area contributed by atoms with Gasteiger partial charge in [-0.25, -0.2) is 0 Å². The minimum atomic E-state index is -0.824. The molecule has 3 nitrogen and oxygen atoms in total. The first-order valence-corrected chi connectivity index (χ1v) is 7.70. The Labute approximate surface area is 126 Å². The maximum absolute atomic E-state index is 12.9. The number of benzene rings is 1. The molecule has 21 heavy (non-hydrogen) atoms. The molecule has 0 spiro atoms. The molecule has 1 aromatic rings. The number of hydrogen-bond acceptors (Lipinski definition) is 2. The van der Waals surface area contributed by atoms with Gasteiger partial charge in [0.05, 0.1) is 0 Å². The van der Waals surface area contributed by atoms with Gasteiger partial charge in [-0.15, -0.1) is 0 Å². The Kier molecular flexibility index (Phi) is 3.01. The van der Waals surface area contributed by atoms with E-state index < -0.39 is 5.41 Å². The van der Waals surface area contributed by atoms with Gasteiger partial charge in [-0.2, -0.15) is 0 Å². The minimum Gasteiger partial charge on any atom is -0.325 e. The molecule has 1 aromatic carbocycles. The third kappa shape index (κ3) is 1.86. The van der Waals surface area contributed by atoms with E-state index >= 15 is 0 Å². The van der Waals surface area contributed by atoms with E-state index in [0.29, 0.717) is 18.8 Å². The molecule has 2 bridgehead atoms. The average molecular weight is 285 g/mol. The van der Waals surface area contributed by atoms with Gasteiger partial charge >= 0.3 is 0 Å². The lowest BCUT2D eigenvalue weighted by atomic mass is 9.68. The Morgan fingerprint density at radius 2 is 1.81 bits per heavy atom. The van der Waals surface area contributed by atoms with Crippen molar-refractivity contribution >= 4 is 17.4 Å². The smallest absolute Gasteiger partial charge is 0.238 e. The zero-order valence-corrected chi connectivity index (χ0v) is 13.2. The van der Waals surface area contributed by atoms with Gasteiger partial charge in [0.25, 0.3) is 0 Å². The number of ketones is 1. The molecule has 2 atom stereocenters. The number of hydrogen-bond donors (Lipinski definition) is 1. The number of carbonyl (C=O) groups is 2. The normalized spacial score (nSPS) is 29.7. The molecule has 3 rings (SSSR count). The van der Waals surface area contributed by atoms with Crippen molar-refractivity contribution < 1.29 is 9.59 Å². The van der Waals surface area contributed by atoms with Crippen LogP contribution in [0.3, 0.4) is 0 Å². The molecule has 0 aromatic heterocycles. The Morgan fingerprint density at radius 3 is 2.29 bits per heavy atom. The first-order chi connectivity index (χ1) is 9.77. The molecule has 112 valence electrons. The fourth-order valence-corrected chi connectivity index (χ4v) is 4.49. The van der Waals surface area contributed by atoms with Crippen LogP contribution in [0.5, 0.6) is 0 Å². The molecule has 1 amide bonds. The van der Waals surface area contributed by atoms with Gasteiger partial charge in [-0.05, 0) is 61.3 Å². The topological polar surface area (TPSA) is 46.2 Å². The maximum Gasteiger partial charge on any atom is 0.238 e. The number of rotatable bonds is 2. The van der Waals surface area contributed by atoms with Crippen LogP contribution in [0.1, 0.15) is 44.2 Å². The van der Waals surface area contributed by atoms with Crippen LogP contribution in [-0.2, 0) is 9.59 Å². The van der Waals surface area contributed by atoms with E-state index in [1.807, 2.05) is 26.0 Å². The lowest BCUT2D eigenvalue weighted by molar-refractivity contribution is -0.141. The fraction of sp³-hybridized carbons (Fsp3) is 0.556. The standard InChI is InChI=1S/C18H23NO2/c1-11-7-12(2)9-14(8-11)19-16(21)18-6-5-13(10-15(18)20)17(18,3)4/h7-9,13H,5-6,10H2,1-4H3,(H,19,21). The third-order valence-electron chi connectivity index (χ3n) is 5.76. The summed E-state index contributed by atoms with van der Waals surface area (Å²) in [7, 11) is 0. The van der Waals surface area contributed by atoms with Crippen LogP contribution >= 0.6 is 0 Å². The molecule has 0 aliphatic heterocycles. The molecule has 0 saturated heterocycles. The highest BCUT2D eigenvalue weighted by Gasteiger charge is 2.68. The largest absolute Gasteiger partial charge is 0.325 e. The van der Waals surface area contributed by atoms with Crippen LogP contribution < -0.4 is 5.32 Å². The van der Waals surface area contributed by atoms with E-state index in [0.717, 1.165) is 23.2 Å². The number of aryl methyl sites for hydroxylation is 2. The lowest BCUT2D eigenvalue weighted by Gasteiger charge is -2.34. The molecule has 1 N–H and O–H groups in total. The molecular weight excluding hydrogens is 262 g/mol. The first kappa shape index (κ1) is 14.3. The van der Waals surface area contributed by atoms with Crippen molar-refractivity contribution in [1.82, 2.24) is 0 Å². The molecule has 2 aliphatic rings. The molecule has 2 aliphatic carbocycles. The van der Waals surface area contributed by atoms with E-state index in [2.05, 4.69) is 25.2 Å². The van der Waals surface area contributed by atoms with Crippen LogP contribution in [0.15, 0.2) is 18.2 Å². The van der Waals surface area contributed by atoms with E-state index in [-0.39, 0.29) is 17.1 Å². The van der Waals surface area contributed by atoms with E-state index in [9.17, 15) is 9.59 Å². The van der Waals surface area contributed by atoms with Gasteiger partial charge in [0.2, 0.25) is 5.91 Å². The number of fused-ring (bicyclic) bond motifs is 2. The van der Waals surface area contributed by atoms with Crippen LogP contribution in [0.2, 0.25) is 0 Å². The number of amides is 1. The summed E-state index contributed by atoms with van der Waals surface area (Å²) in [5.74, 6) is 0.378. The highest BCUT2D eigenvalue weighted by molar-refractivity contribution is 6.14. The Bertz CT molecular complexity index is 612. The van der Waals surface area contributed by atoms with Gasteiger partial charge in [0, 0.05) is 12.1 Å². The summed E-state index contributed by atoms with van der Waals surface area (Å²) in [6, 6.07) is 5.99. The monoisotopic (exact) mass is 285 g/mol. The van der Waals surface area contributed by atoms with Gasteiger partial charge in [0.1, 0.15) is 11.2 Å². The van der Waals surface area contributed by atoms with Crippen molar-refractivity contribution in [3.05, 3.63) is 29.3 Å². The number of anilines is 1. The van der Waals surface area contributed by atoms with Crippen LogP contribution in [0, 0.1) is 30.6 Å². The van der Waals surface area contributed by atoms with Crippen LogP contribution in [0.25, 0.3) is 0 Å². The minimum absolute atomic E-state index is 0.109. The summed E-state index contributed by atoms with van der Waals surface area (Å²) in [6.07, 6.45) is 2.24. The van der Waals surface area contributed by atoms with Crippen LogP contribution in [-0.4, -0.2) is 11.7 Å². The van der Waals surface area contributed by atoms with Crippen molar-refractivity contribution in [2.75, 3.05) is 5.32 Å². The molecule has 2 unspecified atom stereocenters. The second-order valence-electron chi connectivity index (χ2n) is 7.32. The van der Waals surface area contributed by atoms with Crippen molar-refractivity contribution in [3.8, 4) is 0 Å². The summed E-state index contributed by atoms with van der Waals surface area (Å²) in [4.78, 5) is 25.4. The molecule has 2 fully saturated rings. The summed E-state index contributed by atoms with van der Waals surface area (Å²) in [5, 5.41) is 3.01. The second-order valence-corrected chi connectivity index (χ2v) is 7.32. The van der Waals surface area contributed by atoms with Crippen molar-refractivity contribution in [2.45, 2.75) is 47.0 Å². The van der Waals surface area contributed by atoms with Gasteiger partial charge in [-0.1, -0.05) is 19.9 Å². The van der Waals surface area contributed by atoms with E-state index in [1.165, 1.54) is 0 Å². The van der Waals surface area contributed by atoms with E-state index in [1.54, 1.807) is 0 Å². The third-order valence-corrected chi connectivity index (χ3v) is 5.76. The van der Waals surface area contributed by atoms with Crippen molar-refractivity contribution in [1.29, 1.82) is 0 Å². The van der Waals surface area contributed by atoms with Crippen LogP contribution in [0.4, 0.5) is 5.69 Å². The van der Waals surface area contributed by atoms with Crippen molar-refractivity contribution in [3.63, 3.8) is 0 Å². The average Bonchev–Trinajstić information content (AvgIpc) is 2.71. The highest BCUT2D eigenvalue weighted by Crippen LogP contribution is 2.64. The highest BCUT2D eigenvalue weighted by atomic mass is 16.2. The molecule has 3 heteroatoms. The summed E-state index contributed by atoms with van der Waals surface area (Å²) in [5.41, 5.74) is 1.97. The molecular formula is C18H23NO2. The quantitative estimate of drug-likeness (QED) is 0.843. The Hall–Kier alpha value is -1.64. The van der Waals surface area contributed by atoms with Gasteiger partial charge < -0.3 is 5.32 Å². The zero-order valence-electron chi connectivity index (χ0n) is 13.2. The summed E-state index contributed by atoms with van der Waals surface area (Å²) in [6.45, 7) is 8.18. The van der Waals surface area contributed by atoms with Crippen molar-refractivity contribution in [2.24, 2.45) is 16.7 Å². The Balaban J connectivity index is 1.93. The predicted molar refractivity (Wildman–Crippen MR) is 83.1 cm³/mol. The fourth-order valence-electron chi connectivity index (χ4n) is 4.49. The van der Waals surface area contributed by atoms with Gasteiger partial charge in [0.15, 0.2) is 0 Å². The SMILES string of the molecule is Cc1cc(C)cc(NC(=O)C23CCC(CC2=O)C3(C)C)c1. The zero-order chi connectivity index (χ0) is 15.4. The number of Topliss-reactive ketones (excluding diaryl/α,β-unsaturated/α-hetero) is 1. The number of carbonyl (C=O) groups excluding carboxylic acids is 2. The summed E-state index contributed by atoms with van der Waals surface area (Å²) >= 11 is 0.